The highest BCUT2D eigenvalue weighted by molar-refractivity contribution is 5.73. The van der Waals surface area contributed by atoms with Crippen LogP contribution in [0.3, 0.4) is 0 Å². The second-order valence-corrected chi connectivity index (χ2v) is 4.51. The smallest absolute Gasteiger partial charge is 0.345 e. The van der Waals surface area contributed by atoms with E-state index in [0.717, 1.165) is 5.56 Å². The van der Waals surface area contributed by atoms with Crippen LogP contribution in [0.5, 0.6) is 5.75 Å². The second-order valence-electron chi connectivity index (χ2n) is 4.51. The van der Waals surface area contributed by atoms with Crippen LogP contribution < -0.4 is 4.74 Å². The number of hydrogen-bond donors (Lipinski definition) is 1. The van der Waals surface area contributed by atoms with Crippen LogP contribution in [-0.2, 0) is 11.2 Å². The maximum absolute atomic E-state index is 13.6. The van der Waals surface area contributed by atoms with Crippen molar-refractivity contribution >= 4 is 5.97 Å². The Morgan fingerprint density at radius 3 is 2.50 bits per heavy atom. The first-order valence-corrected chi connectivity index (χ1v) is 6.26. The predicted molar refractivity (Wildman–Crippen MR) is 73.3 cm³/mol. The number of aliphatic carboxylic acids is 1. The van der Waals surface area contributed by atoms with Gasteiger partial charge in [0.15, 0.2) is 6.10 Å². The Morgan fingerprint density at radius 1 is 1.20 bits per heavy atom. The molecule has 0 saturated carbocycles. The molecule has 1 N–H and O–H groups in total. The van der Waals surface area contributed by atoms with Gasteiger partial charge in [-0.3, -0.25) is 0 Å². The SMILES string of the molecule is Cc1ccccc1OC(Cc1ccccc1F)C(=O)O. The summed E-state index contributed by atoms with van der Waals surface area (Å²) in [5.41, 5.74) is 1.17. The van der Waals surface area contributed by atoms with Crippen LogP contribution in [0.25, 0.3) is 0 Å². The van der Waals surface area contributed by atoms with E-state index in [0.29, 0.717) is 11.3 Å². The number of halogens is 1. The van der Waals surface area contributed by atoms with Crippen molar-refractivity contribution in [2.75, 3.05) is 0 Å². The summed E-state index contributed by atoms with van der Waals surface area (Å²) < 4.78 is 19.1. The average molecular weight is 274 g/mol. The molecule has 0 radical (unpaired) electrons. The van der Waals surface area contributed by atoms with E-state index in [2.05, 4.69) is 0 Å². The molecular formula is C16H15FO3. The molecule has 0 bridgehead atoms. The highest BCUT2D eigenvalue weighted by Gasteiger charge is 2.22. The Bertz CT molecular complexity index is 563. The maximum Gasteiger partial charge on any atom is 0.345 e. The van der Waals surface area contributed by atoms with E-state index in [1.807, 2.05) is 19.1 Å². The van der Waals surface area contributed by atoms with Crippen molar-refractivity contribution in [3.63, 3.8) is 0 Å². The van der Waals surface area contributed by atoms with Gasteiger partial charge in [-0.2, -0.15) is 0 Å². The van der Waals surface area contributed by atoms with Crippen molar-refractivity contribution in [3.8, 4) is 5.75 Å². The molecule has 2 aromatic rings. The molecule has 0 fully saturated rings. The summed E-state index contributed by atoms with van der Waals surface area (Å²) in [6.45, 7) is 1.83. The molecule has 0 aliphatic carbocycles. The summed E-state index contributed by atoms with van der Waals surface area (Å²) in [5, 5.41) is 9.23. The number of para-hydroxylation sites is 1. The van der Waals surface area contributed by atoms with E-state index in [-0.39, 0.29) is 6.42 Å². The van der Waals surface area contributed by atoms with Gasteiger partial charge in [0, 0.05) is 6.42 Å². The Morgan fingerprint density at radius 2 is 1.85 bits per heavy atom. The van der Waals surface area contributed by atoms with Crippen molar-refractivity contribution in [2.45, 2.75) is 19.4 Å². The highest BCUT2D eigenvalue weighted by Crippen LogP contribution is 2.20. The first-order valence-electron chi connectivity index (χ1n) is 6.26. The lowest BCUT2D eigenvalue weighted by molar-refractivity contribution is -0.145. The Labute approximate surface area is 116 Å². The lowest BCUT2D eigenvalue weighted by Crippen LogP contribution is -2.30. The van der Waals surface area contributed by atoms with Crippen molar-refractivity contribution in [3.05, 3.63) is 65.5 Å². The molecule has 2 aromatic carbocycles. The van der Waals surface area contributed by atoms with Gasteiger partial charge in [0.05, 0.1) is 0 Å². The van der Waals surface area contributed by atoms with Crippen molar-refractivity contribution in [1.29, 1.82) is 0 Å². The molecule has 104 valence electrons. The van der Waals surface area contributed by atoms with Crippen LogP contribution in [0.1, 0.15) is 11.1 Å². The zero-order valence-corrected chi connectivity index (χ0v) is 11.0. The van der Waals surface area contributed by atoms with Crippen LogP contribution >= 0.6 is 0 Å². The topological polar surface area (TPSA) is 46.5 Å². The minimum atomic E-state index is -1.12. The van der Waals surface area contributed by atoms with Crippen molar-refractivity contribution in [1.82, 2.24) is 0 Å². The van der Waals surface area contributed by atoms with Gasteiger partial charge in [-0.15, -0.1) is 0 Å². The second kappa shape index (κ2) is 6.19. The van der Waals surface area contributed by atoms with E-state index in [9.17, 15) is 14.3 Å². The number of rotatable bonds is 5. The fourth-order valence-electron chi connectivity index (χ4n) is 1.88. The van der Waals surface area contributed by atoms with E-state index >= 15 is 0 Å². The van der Waals surface area contributed by atoms with Gasteiger partial charge in [0.2, 0.25) is 0 Å². The third kappa shape index (κ3) is 3.35. The Balaban J connectivity index is 2.19. The number of carboxylic acid groups (broad SMARTS) is 1. The normalized spacial score (nSPS) is 11.9. The zero-order valence-electron chi connectivity index (χ0n) is 11.0. The van der Waals surface area contributed by atoms with Crippen molar-refractivity contribution < 1.29 is 19.0 Å². The number of ether oxygens (including phenoxy) is 1. The standard InChI is InChI=1S/C16H15FO3/c1-11-6-2-5-9-14(11)20-15(16(18)19)10-12-7-3-4-8-13(12)17/h2-9,15H,10H2,1H3,(H,18,19). The van der Waals surface area contributed by atoms with Crippen molar-refractivity contribution in [2.24, 2.45) is 0 Å². The molecule has 20 heavy (non-hydrogen) atoms. The van der Waals surface area contributed by atoms with Crippen LogP contribution in [0, 0.1) is 12.7 Å². The number of carboxylic acids is 1. The third-order valence-corrected chi connectivity index (χ3v) is 3.00. The molecule has 0 saturated heterocycles. The molecule has 0 heterocycles. The zero-order chi connectivity index (χ0) is 14.5. The summed E-state index contributed by atoms with van der Waals surface area (Å²) in [6, 6.07) is 13.2. The minimum Gasteiger partial charge on any atom is -0.478 e. The largest absolute Gasteiger partial charge is 0.478 e. The van der Waals surface area contributed by atoms with E-state index in [1.54, 1.807) is 30.3 Å². The average Bonchev–Trinajstić information content (AvgIpc) is 2.42. The summed E-state index contributed by atoms with van der Waals surface area (Å²) >= 11 is 0. The highest BCUT2D eigenvalue weighted by atomic mass is 19.1. The number of carbonyl (C=O) groups is 1. The van der Waals surface area contributed by atoms with E-state index in [1.165, 1.54) is 6.07 Å². The molecule has 0 amide bonds. The summed E-state index contributed by atoms with van der Waals surface area (Å²) in [7, 11) is 0. The van der Waals surface area contributed by atoms with E-state index in [4.69, 9.17) is 4.74 Å². The Hall–Kier alpha value is -2.36. The summed E-state index contributed by atoms with van der Waals surface area (Å²) in [4.78, 5) is 11.3. The molecule has 0 spiro atoms. The van der Waals surface area contributed by atoms with Gasteiger partial charge >= 0.3 is 5.97 Å². The van der Waals surface area contributed by atoms with Crippen LogP contribution in [0.15, 0.2) is 48.5 Å². The fraction of sp³-hybridized carbons (Fsp3) is 0.188. The lowest BCUT2D eigenvalue weighted by Gasteiger charge is -2.17. The molecule has 0 aliphatic heterocycles. The number of aryl methyl sites for hydroxylation is 1. The van der Waals surface area contributed by atoms with Gasteiger partial charge in [0.1, 0.15) is 11.6 Å². The van der Waals surface area contributed by atoms with E-state index < -0.39 is 17.9 Å². The molecule has 0 aromatic heterocycles. The quantitative estimate of drug-likeness (QED) is 0.910. The van der Waals surface area contributed by atoms with Crippen LogP contribution in [0.2, 0.25) is 0 Å². The summed E-state index contributed by atoms with van der Waals surface area (Å²) in [5.74, 6) is -1.04. The monoisotopic (exact) mass is 274 g/mol. The molecule has 2 rings (SSSR count). The Kier molecular flexibility index (Phi) is 4.35. The maximum atomic E-state index is 13.6. The first-order chi connectivity index (χ1) is 9.58. The van der Waals surface area contributed by atoms with Gasteiger partial charge in [-0.05, 0) is 30.2 Å². The predicted octanol–water partition coefficient (Wildman–Crippen LogP) is 3.21. The molecular weight excluding hydrogens is 259 g/mol. The van der Waals surface area contributed by atoms with Crippen LogP contribution in [0.4, 0.5) is 4.39 Å². The van der Waals surface area contributed by atoms with Gasteiger partial charge in [-0.25, -0.2) is 9.18 Å². The number of benzene rings is 2. The van der Waals surface area contributed by atoms with Crippen LogP contribution in [-0.4, -0.2) is 17.2 Å². The molecule has 0 aliphatic rings. The van der Waals surface area contributed by atoms with Gasteiger partial charge < -0.3 is 9.84 Å². The summed E-state index contributed by atoms with van der Waals surface area (Å²) in [6.07, 6.45) is -1.14. The molecule has 4 heteroatoms. The van der Waals surface area contributed by atoms with Gasteiger partial charge in [0.25, 0.3) is 0 Å². The fourth-order valence-corrected chi connectivity index (χ4v) is 1.88. The minimum absolute atomic E-state index is 0.0175. The van der Waals surface area contributed by atoms with Gasteiger partial charge in [-0.1, -0.05) is 36.4 Å². The third-order valence-electron chi connectivity index (χ3n) is 3.00. The lowest BCUT2D eigenvalue weighted by atomic mass is 10.1. The molecule has 1 atom stereocenters. The number of hydrogen-bond acceptors (Lipinski definition) is 2. The molecule has 1 unspecified atom stereocenters. The molecule has 3 nitrogen and oxygen atoms in total. The first kappa shape index (κ1) is 14.1.